The molecule has 1 N–H and O–H groups in total. The summed E-state index contributed by atoms with van der Waals surface area (Å²) in [5.41, 5.74) is 3.15. The second-order valence-corrected chi connectivity index (χ2v) is 5.67. The molecule has 0 aliphatic carbocycles. The second kappa shape index (κ2) is 4.46. The number of halogens is 1. The number of aliphatic hydroxyl groups is 1. The molecule has 1 atom stereocenters. The van der Waals surface area contributed by atoms with Gasteiger partial charge in [0.2, 0.25) is 0 Å². The minimum atomic E-state index is -0.541. The summed E-state index contributed by atoms with van der Waals surface area (Å²) in [4.78, 5) is 0. The second-order valence-electron chi connectivity index (χ2n) is 4.88. The van der Waals surface area contributed by atoms with Crippen molar-refractivity contribution in [2.24, 2.45) is 5.92 Å². The number of furan rings is 1. The van der Waals surface area contributed by atoms with Crippen LogP contribution >= 0.6 is 15.9 Å². The van der Waals surface area contributed by atoms with E-state index in [-0.39, 0.29) is 5.92 Å². The first-order valence-corrected chi connectivity index (χ1v) is 6.58. The molecule has 0 radical (unpaired) electrons. The largest absolute Gasteiger partial charge is 0.458 e. The Kier molecular flexibility index (Phi) is 3.32. The third-order valence-corrected chi connectivity index (χ3v) is 4.35. The van der Waals surface area contributed by atoms with Gasteiger partial charge in [0, 0.05) is 9.86 Å². The summed E-state index contributed by atoms with van der Waals surface area (Å²) in [7, 11) is 0. The van der Waals surface area contributed by atoms with Gasteiger partial charge in [0.05, 0.1) is 0 Å². The number of rotatable bonds is 2. The van der Waals surface area contributed by atoms with Gasteiger partial charge in [-0.2, -0.15) is 0 Å². The molecule has 0 saturated carbocycles. The van der Waals surface area contributed by atoms with Gasteiger partial charge in [0.15, 0.2) is 0 Å². The Bertz CT molecular complexity index is 555. The Morgan fingerprint density at radius 1 is 1.24 bits per heavy atom. The zero-order valence-corrected chi connectivity index (χ0v) is 12.1. The standard InChI is InChI=1S/C14H17BrO2/c1-7(2)14(16)12-6-10-9(4)13(15)8(3)5-11(10)17-12/h5-7,14,16H,1-4H3. The third-order valence-electron chi connectivity index (χ3n) is 3.13. The molecule has 3 heteroatoms. The van der Waals surface area contributed by atoms with Crippen LogP contribution in [0.2, 0.25) is 0 Å². The summed E-state index contributed by atoms with van der Waals surface area (Å²) in [6.45, 7) is 8.05. The van der Waals surface area contributed by atoms with E-state index in [0.29, 0.717) is 5.76 Å². The molecule has 0 aliphatic heterocycles. The Morgan fingerprint density at radius 2 is 1.88 bits per heavy atom. The van der Waals surface area contributed by atoms with E-state index in [1.165, 1.54) is 0 Å². The molecule has 2 aromatic rings. The molecule has 0 bridgehead atoms. The topological polar surface area (TPSA) is 33.4 Å². The van der Waals surface area contributed by atoms with Crippen LogP contribution in [0.5, 0.6) is 0 Å². The van der Waals surface area contributed by atoms with E-state index < -0.39 is 6.10 Å². The minimum Gasteiger partial charge on any atom is -0.458 e. The first-order valence-electron chi connectivity index (χ1n) is 5.79. The number of aliphatic hydroxyl groups excluding tert-OH is 1. The molecule has 2 nitrogen and oxygen atoms in total. The first-order chi connectivity index (χ1) is 7.91. The molecule has 0 saturated heterocycles. The SMILES string of the molecule is Cc1cc2oc(C(O)C(C)C)cc2c(C)c1Br. The molecule has 2 rings (SSSR count). The zero-order chi connectivity index (χ0) is 12.7. The van der Waals surface area contributed by atoms with Crippen molar-refractivity contribution in [3.63, 3.8) is 0 Å². The van der Waals surface area contributed by atoms with Gasteiger partial charge in [0.1, 0.15) is 17.4 Å². The number of hydrogen-bond acceptors (Lipinski definition) is 2. The van der Waals surface area contributed by atoms with Gasteiger partial charge in [-0.05, 0) is 43.0 Å². The lowest BCUT2D eigenvalue weighted by molar-refractivity contribution is 0.104. The van der Waals surface area contributed by atoms with Crippen LogP contribution in [0.25, 0.3) is 11.0 Å². The fourth-order valence-electron chi connectivity index (χ4n) is 1.97. The molecule has 0 fully saturated rings. The molecule has 0 spiro atoms. The number of hydrogen-bond donors (Lipinski definition) is 1. The quantitative estimate of drug-likeness (QED) is 0.885. The van der Waals surface area contributed by atoms with E-state index in [4.69, 9.17) is 4.42 Å². The Balaban J connectivity index is 2.62. The molecule has 0 amide bonds. The Hall–Kier alpha value is -0.800. The summed E-state index contributed by atoms with van der Waals surface area (Å²) in [5.74, 6) is 0.802. The van der Waals surface area contributed by atoms with E-state index in [1.54, 1.807) is 0 Å². The highest BCUT2D eigenvalue weighted by Crippen LogP contribution is 2.34. The van der Waals surface area contributed by atoms with E-state index in [1.807, 2.05) is 32.9 Å². The number of aryl methyl sites for hydroxylation is 2. The van der Waals surface area contributed by atoms with Crippen molar-refractivity contribution in [2.75, 3.05) is 0 Å². The van der Waals surface area contributed by atoms with Crippen LogP contribution in [0.3, 0.4) is 0 Å². The van der Waals surface area contributed by atoms with Crippen LogP contribution in [0, 0.1) is 19.8 Å². The van der Waals surface area contributed by atoms with Crippen molar-refractivity contribution in [3.05, 3.63) is 33.5 Å². The lowest BCUT2D eigenvalue weighted by Crippen LogP contribution is -2.03. The van der Waals surface area contributed by atoms with Crippen LogP contribution in [0.4, 0.5) is 0 Å². The molecule has 1 aromatic carbocycles. The van der Waals surface area contributed by atoms with Crippen molar-refractivity contribution >= 4 is 26.9 Å². The molecular weight excluding hydrogens is 280 g/mol. The van der Waals surface area contributed by atoms with Crippen molar-refractivity contribution in [3.8, 4) is 0 Å². The predicted molar refractivity (Wildman–Crippen MR) is 73.2 cm³/mol. The summed E-state index contributed by atoms with van der Waals surface area (Å²) >= 11 is 3.57. The van der Waals surface area contributed by atoms with Crippen LogP contribution in [0.1, 0.15) is 36.8 Å². The van der Waals surface area contributed by atoms with Crippen LogP contribution < -0.4 is 0 Å². The van der Waals surface area contributed by atoms with Gasteiger partial charge < -0.3 is 9.52 Å². The van der Waals surface area contributed by atoms with Gasteiger partial charge in [-0.15, -0.1) is 0 Å². The average molecular weight is 297 g/mol. The number of fused-ring (bicyclic) bond motifs is 1. The average Bonchev–Trinajstić information content (AvgIpc) is 2.68. The highest BCUT2D eigenvalue weighted by atomic mass is 79.9. The summed E-state index contributed by atoms with van der Waals surface area (Å²) in [6, 6.07) is 3.95. The summed E-state index contributed by atoms with van der Waals surface area (Å²) in [6.07, 6.45) is -0.541. The highest BCUT2D eigenvalue weighted by molar-refractivity contribution is 9.10. The Labute approximate surface area is 110 Å². The molecule has 0 aliphatic rings. The minimum absolute atomic E-state index is 0.153. The van der Waals surface area contributed by atoms with Gasteiger partial charge >= 0.3 is 0 Å². The maximum absolute atomic E-state index is 10.0. The van der Waals surface area contributed by atoms with Crippen LogP contribution in [-0.2, 0) is 0 Å². The monoisotopic (exact) mass is 296 g/mol. The smallest absolute Gasteiger partial charge is 0.135 e. The summed E-state index contributed by atoms with van der Waals surface area (Å²) < 4.78 is 6.84. The Morgan fingerprint density at radius 3 is 2.47 bits per heavy atom. The van der Waals surface area contributed by atoms with Crippen LogP contribution in [0.15, 0.2) is 21.0 Å². The van der Waals surface area contributed by atoms with Gasteiger partial charge in [0.25, 0.3) is 0 Å². The van der Waals surface area contributed by atoms with E-state index >= 15 is 0 Å². The maximum Gasteiger partial charge on any atom is 0.135 e. The molecule has 92 valence electrons. The molecule has 17 heavy (non-hydrogen) atoms. The van der Waals surface area contributed by atoms with Gasteiger partial charge in [-0.1, -0.05) is 29.8 Å². The van der Waals surface area contributed by atoms with Crippen molar-refractivity contribution < 1.29 is 9.52 Å². The van der Waals surface area contributed by atoms with Crippen molar-refractivity contribution in [1.29, 1.82) is 0 Å². The molecule has 1 aromatic heterocycles. The molecular formula is C14H17BrO2. The molecule has 1 heterocycles. The predicted octanol–water partition coefficient (Wildman–Crippen LogP) is 4.50. The maximum atomic E-state index is 10.0. The zero-order valence-electron chi connectivity index (χ0n) is 10.5. The van der Waals surface area contributed by atoms with Crippen LogP contribution in [-0.4, -0.2) is 5.11 Å². The highest BCUT2D eigenvalue weighted by Gasteiger charge is 2.18. The van der Waals surface area contributed by atoms with Gasteiger partial charge in [-0.25, -0.2) is 0 Å². The fraction of sp³-hybridized carbons (Fsp3) is 0.429. The van der Waals surface area contributed by atoms with E-state index in [0.717, 1.165) is 26.6 Å². The van der Waals surface area contributed by atoms with E-state index in [2.05, 4.69) is 22.9 Å². The lowest BCUT2D eigenvalue weighted by Gasteiger charge is -2.10. The summed E-state index contributed by atoms with van der Waals surface area (Å²) in [5, 5.41) is 11.1. The fourth-order valence-corrected chi connectivity index (χ4v) is 2.30. The molecule has 1 unspecified atom stereocenters. The first kappa shape index (κ1) is 12.7. The lowest BCUT2D eigenvalue weighted by atomic mass is 10.0. The van der Waals surface area contributed by atoms with Gasteiger partial charge in [-0.3, -0.25) is 0 Å². The normalized spacial score (nSPS) is 13.6. The van der Waals surface area contributed by atoms with E-state index in [9.17, 15) is 5.11 Å². The van der Waals surface area contributed by atoms with Crippen molar-refractivity contribution in [1.82, 2.24) is 0 Å². The number of benzene rings is 1. The third kappa shape index (κ3) is 2.14. The van der Waals surface area contributed by atoms with Crippen molar-refractivity contribution in [2.45, 2.75) is 33.8 Å².